The van der Waals surface area contributed by atoms with E-state index in [1.54, 1.807) is 24.3 Å². The molecule has 1 saturated heterocycles. The summed E-state index contributed by atoms with van der Waals surface area (Å²) in [6, 6.07) is 12.4. The van der Waals surface area contributed by atoms with Gasteiger partial charge in [-0.15, -0.1) is 0 Å². The number of benzene rings is 2. The van der Waals surface area contributed by atoms with Gasteiger partial charge < -0.3 is 30.3 Å². The van der Waals surface area contributed by atoms with Crippen molar-refractivity contribution in [2.24, 2.45) is 0 Å². The first-order valence-electron chi connectivity index (χ1n) is 7.01. The van der Waals surface area contributed by atoms with Gasteiger partial charge in [-0.1, -0.05) is 42.5 Å². The number of hydrogen-bond donors (Lipinski definition) is 5. The zero-order valence-corrected chi connectivity index (χ0v) is 11.7. The van der Waals surface area contributed by atoms with E-state index < -0.39 is 36.8 Å². The van der Waals surface area contributed by atoms with Gasteiger partial charge in [-0.05, 0) is 16.3 Å². The van der Waals surface area contributed by atoms with Crippen LogP contribution in [0.2, 0.25) is 0 Å². The van der Waals surface area contributed by atoms with Crippen molar-refractivity contribution in [1.82, 2.24) is 0 Å². The fourth-order valence-corrected chi connectivity index (χ4v) is 3.05. The Balaban J connectivity index is 2.21. The van der Waals surface area contributed by atoms with Crippen LogP contribution in [0, 0.1) is 0 Å². The van der Waals surface area contributed by atoms with Crippen molar-refractivity contribution < 1.29 is 30.3 Å². The molecule has 2 aromatic carbocycles. The van der Waals surface area contributed by atoms with E-state index in [0.717, 1.165) is 5.39 Å². The number of fused-ring (bicyclic) bond motifs is 1. The highest BCUT2D eigenvalue weighted by atomic mass is 16.6. The van der Waals surface area contributed by atoms with Gasteiger partial charge in [0, 0.05) is 0 Å². The first kappa shape index (κ1) is 15.4. The van der Waals surface area contributed by atoms with Crippen LogP contribution in [0.1, 0.15) is 5.56 Å². The van der Waals surface area contributed by atoms with Crippen LogP contribution in [-0.2, 0) is 10.3 Å². The van der Waals surface area contributed by atoms with Crippen molar-refractivity contribution in [3.63, 3.8) is 0 Å². The molecule has 1 aliphatic heterocycles. The molecule has 5 N–H and O–H groups in total. The Morgan fingerprint density at radius 2 is 1.68 bits per heavy atom. The van der Waals surface area contributed by atoms with Gasteiger partial charge in [0.2, 0.25) is 0 Å². The average molecular weight is 306 g/mol. The molecule has 6 heteroatoms. The molecule has 118 valence electrons. The molecule has 0 spiro atoms. The molecule has 2 aromatic rings. The van der Waals surface area contributed by atoms with E-state index in [1.165, 1.54) is 0 Å². The minimum atomic E-state index is -2.05. The van der Waals surface area contributed by atoms with Crippen LogP contribution in [0.3, 0.4) is 0 Å². The van der Waals surface area contributed by atoms with Crippen LogP contribution in [0.15, 0.2) is 42.5 Å². The highest BCUT2D eigenvalue weighted by Crippen LogP contribution is 2.40. The van der Waals surface area contributed by atoms with Crippen LogP contribution < -0.4 is 0 Å². The largest absolute Gasteiger partial charge is 0.394 e. The number of ether oxygens (including phenoxy) is 1. The lowest BCUT2D eigenvalue weighted by molar-refractivity contribution is -0.325. The van der Waals surface area contributed by atoms with Gasteiger partial charge in [0.1, 0.15) is 23.9 Å². The fourth-order valence-electron chi connectivity index (χ4n) is 3.05. The predicted octanol–water partition coefficient (Wildman–Crippen LogP) is -0.541. The van der Waals surface area contributed by atoms with Gasteiger partial charge in [-0.25, -0.2) is 0 Å². The molecule has 0 bridgehead atoms. The van der Waals surface area contributed by atoms with Gasteiger partial charge >= 0.3 is 0 Å². The quantitative estimate of drug-likeness (QED) is 0.510. The number of rotatable bonds is 2. The first-order chi connectivity index (χ1) is 10.5. The lowest BCUT2D eigenvalue weighted by Gasteiger charge is -2.47. The van der Waals surface area contributed by atoms with Crippen LogP contribution in [-0.4, -0.2) is 56.7 Å². The van der Waals surface area contributed by atoms with E-state index in [9.17, 15) is 25.5 Å². The highest BCUT2D eigenvalue weighted by molar-refractivity contribution is 5.86. The van der Waals surface area contributed by atoms with Gasteiger partial charge in [-0.3, -0.25) is 0 Å². The summed E-state index contributed by atoms with van der Waals surface area (Å²) >= 11 is 0. The van der Waals surface area contributed by atoms with Gasteiger partial charge in [0.15, 0.2) is 6.29 Å². The molecule has 22 heavy (non-hydrogen) atoms. The summed E-state index contributed by atoms with van der Waals surface area (Å²) in [6.45, 7) is -0.624. The molecule has 1 aliphatic rings. The topological polar surface area (TPSA) is 110 Å². The Morgan fingerprint density at radius 3 is 2.41 bits per heavy atom. The minimum Gasteiger partial charge on any atom is -0.394 e. The third-order valence-corrected chi connectivity index (χ3v) is 4.25. The molecule has 5 atom stereocenters. The van der Waals surface area contributed by atoms with E-state index >= 15 is 0 Å². The van der Waals surface area contributed by atoms with Crippen molar-refractivity contribution >= 4 is 10.8 Å². The maximum absolute atomic E-state index is 11.1. The lowest BCUT2D eigenvalue weighted by atomic mass is 9.77. The molecule has 1 fully saturated rings. The highest BCUT2D eigenvalue weighted by Gasteiger charge is 2.55. The standard InChI is InChI=1S/C16H18O6/c17-8-12-16(21,14(19)13(18)15(20)22-12)11-7-3-5-9-4-1-2-6-10(9)11/h1-7,12-15,17-21H,8H2/t12-,13-,14-,15+,16+/m1/s1. The molecule has 1 heterocycles. The van der Waals surface area contributed by atoms with Crippen molar-refractivity contribution in [2.45, 2.75) is 30.2 Å². The van der Waals surface area contributed by atoms with Gasteiger partial charge in [-0.2, -0.15) is 0 Å². The maximum Gasteiger partial charge on any atom is 0.184 e. The summed E-state index contributed by atoms with van der Waals surface area (Å²) in [5.41, 5.74) is -1.73. The number of hydrogen-bond acceptors (Lipinski definition) is 6. The Hall–Kier alpha value is -1.54. The smallest absolute Gasteiger partial charge is 0.184 e. The molecule has 6 nitrogen and oxygen atoms in total. The van der Waals surface area contributed by atoms with Gasteiger partial charge in [0.25, 0.3) is 0 Å². The minimum absolute atomic E-state index is 0.322. The summed E-state index contributed by atoms with van der Waals surface area (Å²) in [5, 5.41) is 51.8. The molecule has 0 saturated carbocycles. The summed E-state index contributed by atoms with van der Waals surface area (Å²) < 4.78 is 5.08. The van der Waals surface area contributed by atoms with E-state index in [2.05, 4.69) is 0 Å². The van der Waals surface area contributed by atoms with Crippen LogP contribution in [0.5, 0.6) is 0 Å². The Bertz CT molecular complexity index is 665. The normalized spacial score (nSPS) is 35.7. The zero-order chi connectivity index (χ0) is 15.9. The SMILES string of the molecule is OC[C@H]1O[C@H](O)[C@H](O)[C@@H](O)[C@]1(O)c1cccc2ccccc12. The molecule has 0 unspecified atom stereocenters. The molecule has 0 aliphatic carbocycles. The molecule has 3 rings (SSSR count). The van der Waals surface area contributed by atoms with E-state index in [4.69, 9.17) is 4.74 Å². The molecule has 0 aromatic heterocycles. The second-order valence-electron chi connectivity index (χ2n) is 5.49. The molecule has 0 amide bonds. The van der Waals surface area contributed by atoms with Crippen molar-refractivity contribution in [3.8, 4) is 0 Å². The van der Waals surface area contributed by atoms with Crippen molar-refractivity contribution in [3.05, 3.63) is 48.0 Å². The van der Waals surface area contributed by atoms with Crippen LogP contribution in [0.4, 0.5) is 0 Å². The Morgan fingerprint density at radius 1 is 1.00 bits per heavy atom. The zero-order valence-electron chi connectivity index (χ0n) is 11.7. The van der Waals surface area contributed by atoms with E-state index in [0.29, 0.717) is 10.9 Å². The Labute approximate surface area is 126 Å². The van der Waals surface area contributed by atoms with Crippen molar-refractivity contribution in [1.29, 1.82) is 0 Å². The lowest BCUT2D eigenvalue weighted by Crippen LogP contribution is -2.64. The Kier molecular flexibility index (Phi) is 3.90. The average Bonchev–Trinajstić information content (AvgIpc) is 2.55. The number of aliphatic hydroxyl groups excluding tert-OH is 4. The van der Waals surface area contributed by atoms with E-state index in [-0.39, 0.29) is 0 Å². The third-order valence-electron chi connectivity index (χ3n) is 4.25. The maximum atomic E-state index is 11.1. The van der Waals surface area contributed by atoms with E-state index in [1.807, 2.05) is 18.2 Å². The summed E-state index contributed by atoms with van der Waals surface area (Å²) in [6.07, 6.45) is -6.35. The second kappa shape index (κ2) is 5.58. The summed E-state index contributed by atoms with van der Waals surface area (Å²) in [4.78, 5) is 0. The molecular formula is C16H18O6. The summed E-state index contributed by atoms with van der Waals surface area (Å²) in [7, 11) is 0. The monoisotopic (exact) mass is 306 g/mol. The predicted molar refractivity (Wildman–Crippen MR) is 77.8 cm³/mol. The van der Waals surface area contributed by atoms with Crippen LogP contribution >= 0.6 is 0 Å². The number of aliphatic hydroxyl groups is 5. The fraction of sp³-hybridized carbons (Fsp3) is 0.375. The van der Waals surface area contributed by atoms with Crippen molar-refractivity contribution in [2.75, 3.05) is 6.61 Å². The third kappa shape index (κ3) is 2.13. The summed E-state index contributed by atoms with van der Waals surface area (Å²) in [5.74, 6) is 0. The molecule has 0 radical (unpaired) electrons. The van der Waals surface area contributed by atoms with Crippen LogP contribution in [0.25, 0.3) is 10.8 Å². The van der Waals surface area contributed by atoms with Gasteiger partial charge in [0.05, 0.1) is 6.61 Å². The first-order valence-corrected chi connectivity index (χ1v) is 7.01. The second-order valence-corrected chi connectivity index (χ2v) is 5.49. The molecular weight excluding hydrogens is 288 g/mol.